The Balaban J connectivity index is 2.44. The minimum Gasteiger partial charge on any atom is -0.316 e. The van der Waals surface area contributed by atoms with Crippen LogP contribution >= 0.6 is 0 Å². The molecule has 1 heterocycles. The maximum atomic E-state index is 3.80. The minimum atomic E-state index is 0.484. The molecule has 1 fully saturated rings. The Labute approximate surface area is 69.9 Å². The fourth-order valence-corrected chi connectivity index (χ4v) is 1.80. The predicted octanol–water partition coefficient (Wildman–Crippen LogP) is 2.34. The highest BCUT2D eigenvalue weighted by Gasteiger charge is 2.23. The molecule has 0 aromatic carbocycles. The molecular weight excluding hydrogens is 134 g/mol. The lowest BCUT2D eigenvalue weighted by Gasteiger charge is -2.26. The highest BCUT2D eigenvalue weighted by atomic mass is 14.9. The second kappa shape index (κ2) is 3.91. The van der Waals surface area contributed by atoms with Gasteiger partial charge in [-0.15, -0.1) is 6.58 Å². The van der Waals surface area contributed by atoms with Gasteiger partial charge in [0.25, 0.3) is 0 Å². The molecule has 1 saturated heterocycles. The van der Waals surface area contributed by atoms with E-state index in [-0.39, 0.29) is 0 Å². The fourth-order valence-electron chi connectivity index (χ4n) is 1.80. The Morgan fingerprint density at radius 3 is 3.09 bits per heavy atom. The van der Waals surface area contributed by atoms with Crippen LogP contribution in [0.3, 0.4) is 0 Å². The number of hydrogen-bond acceptors (Lipinski definition) is 1. The van der Waals surface area contributed by atoms with Crippen molar-refractivity contribution in [3.05, 3.63) is 12.7 Å². The van der Waals surface area contributed by atoms with Crippen LogP contribution in [0.2, 0.25) is 0 Å². The zero-order valence-electron chi connectivity index (χ0n) is 7.53. The molecule has 1 nitrogen and oxygen atoms in total. The van der Waals surface area contributed by atoms with Gasteiger partial charge < -0.3 is 5.32 Å². The van der Waals surface area contributed by atoms with E-state index >= 15 is 0 Å². The van der Waals surface area contributed by atoms with Gasteiger partial charge in [-0.05, 0) is 31.2 Å². The smallest absolute Gasteiger partial charge is 0.000813 e. The van der Waals surface area contributed by atoms with Crippen molar-refractivity contribution in [2.75, 3.05) is 13.1 Å². The van der Waals surface area contributed by atoms with Gasteiger partial charge >= 0.3 is 0 Å². The van der Waals surface area contributed by atoms with Crippen LogP contribution in [-0.4, -0.2) is 13.1 Å². The van der Waals surface area contributed by atoms with E-state index in [0.29, 0.717) is 5.41 Å². The van der Waals surface area contributed by atoms with Crippen LogP contribution in [-0.2, 0) is 0 Å². The van der Waals surface area contributed by atoms with Crippen LogP contribution in [0.4, 0.5) is 0 Å². The number of nitrogens with one attached hydrogen (secondary N) is 1. The third kappa shape index (κ3) is 2.66. The lowest BCUT2D eigenvalue weighted by Crippen LogP contribution is -2.29. The Morgan fingerprint density at radius 2 is 2.36 bits per heavy atom. The summed E-state index contributed by atoms with van der Waals surface area (Å²) in [6.07, 6.45) is 7.27. The zero-order valence-corrected chi connectivity index (χ0v) is 7.53. The third-order valence-electron chi connectivity index (χ3n) is 2.57. The largest absolute Gasteiger partial charge is 0.316 e. The summed E-state index contributed by atoms with van der Waals surface area (Å²) < 4.78 is 0. The van der Waals surface area contributed by atoms with Gasteiger partial charge in [0.15, 0.2) is 0 Å². The first kappa shape index (κ1) is 8.79. The van der Waals surface area contributed by atoms with Crippen LogP contribution in [0.1, 0.15) is 32.6 Å². The Bertz CT molecular complexity index is 121. The lowest BCUT2D eigenvalue weighted by molar-refractivity contribution is 0.301. The Hall–Kier alpha value is -0.300. The van der Waals surface area contributed by atoms with Crippen LogP contribution in [0.5, 0.6) is 0 Å². The molecule has 0 aliphatic carbocycles. The van der Waals surface area contributed by atoms with Crippen molar-refractivity contribution in [2.45, 2.75) is 32.6 Å². The van der Waals surface area contributed by atoms with E-state index in [0.717, 1.165) is 6.42 Å². The molecule has 0 bridgehead atoms. The average molecular weight is 153 g/mol. The van der Waals surface area contributed by atoms with Gasteiger partial charge in [0.1, 0.15) is 0 Å². The van der Waals surface area contributed by atoms with Gasteiger partial charge in [-0.25, -0.2) is 0 Å². The first-order valence-corrected chi connectivity index (χ1v) is 4.58. The van der Waals surface area contributed by atoms with Gasteiger partial charge in [-0.1, -0.05) is 19.4 Å². The molecule has 1 N–H and O–H groups in total. The van der Waals surface area contributed by atoms with Crippen molar-refractivity contribution in [3.8, 4) is 0 Å². The van der Waals surface area contributed by atoms with Crippen LogP contribution in [0.15, 0.2) is 12.7 Å². The molecule has 1 aliphatic heterocycles. The van der Waals surface area contributed by atoms with Gasteiger partial charge in [0, 0.05) is 6.54 Å². The van der Waals surface area contributed by atoms with E-state index in [4.69, 9.17) is 0 Å². The maximum Gasteiger partial charge on any atom is 0.000813 e. The summed E-state index contributed by atoms with van der Waals surface area (Å²) >= 11 is 0. The van der Waals surface area contributed by atoms with E-state index < -0.39 is 0 Å². The van der Waals surface area contributed by atoms with Crippen molar-refractivity contribution >= 4 is 0 Å². The SMILES string of the molecule is C=CCC1(C)CCCCNC1. The number of rotatable bonds is 2. The van der Waals surface area contributed by atoms with Crippen LogP contribution in [0, 0.1) is 5.41 Å². The standard InChI is InChI=1S/C10H19N/c1-3-6-10(2)7-4-5-8-11-9-10/h3,11H,1,4-9H2,2H3. The summed E-state index contributed by atoms with van der Waals surface area (Å²) in [5, 5.41) is 3.47. The minimum absolute atomic E-state index is 0.484. The summed E-state index contributed by atoms with van der Waals surface area (Å²) in [4.78, 5) is 0. The highest BCUT2D eigenvalue weighted by Crippen LogP contribution is 2.29. The summed E-state index contributed by atoms with van der Waals surface area (Å²) in [6, 6.07) is 0. The van der Waals surface area contributed by atoms with Crippen molar-refractivity contribution < 1.29 is 0 Å². The van der Waals surface area contributed by atoms with Crippen molar-refractivity contribution in [1.82, 2.24) is 5.32 Å². The summed E-state index contributed by atoms with van der Waals surface area (Å²) in [7, 11) is 0. The number of hydrogen-bond donors (Lipinski definition) is 1. The molecule has 64 valence electrons. The van der Waals surface area contributed by atoms with Gasteiger partial charge in [0.2, 0.25) is 0 Å². The molecule has 0 spiro atoms. The monoisotopic (exact) mass is 153 g/mol. The first-order valence-electron chi connectivity index (χ1n) is 4.58. The van der Waals surface area contributed by atoms with E-state index in [2.05, 4.69) is 18.8 Å². The van der Waals surface area contributed by atoms with Gasteiger partial charge in [0.05, 0.1) is 0 Å². The molecule has 0 aromatic rings. The maximum absolute atomic E-state index is 3.80. The normalized spacial score (nSPS) is 32.8. The molecule has 1 aliphatic rings. The van der Waals surface area contributed by atoms with Crippen molar-refractivity contribution in [1.29, 1.82) is 0 Å². The molecule has 0 amide bonds. The highest BCUT2D eigenvalue weighted by molar-refractivity contribution is 4.86. The summed E-state index contributed by atoms with van der Waals surface area (Å²) in [6.45, 7) is 8.52. The fraction of sp³-hybridized carbons (Fsp3) is 0.800. The molecule has 1 heteroatoms. The quantitative estimate of drug-likeness (QED) is 0.600. The second-order valence-electron chi connectivity index (χ2n) is 3.94. The van der Waals surface area contributed by atoms with Gasteiger partial charge in [-0.3, -0.25) is 0 Å². The number of allylic oxidation sites excluding steroid dienone is 1. The lowest BCUT2D eigenvalue weighted by atomic mass is 9.82. The summed E-state index contributed by atoms with van der Waals surface area (Å²) in [5.74, 6) is 0. The molecule has 0 radical (unpaired) electrons. The first-order chi connectivity index (χ1) is 5.27. The van der Waals surface area contributed by atoms with E-state index in [9.17, 15) is 0 Å². The van der Waals surface area contributed by atoms with Crippen molar-refractivity contribution in [3.63, 3.8) is 0 Å². The van der Waals surface area contributed by atoms with E-state index in [1.807, 2.05) is 6.08 Å². The topological polar surface area (TPSA) is 12.0 Å². The van der Waals surface area contributed by atoms with Crippen LogP contribution in [0.25, 0.3) is 0 Å². The molecule has 0 saturated carbocycles. The molecule has 1 unspecified atom stereocenters. The Morgan fingerprint density at radius 1 is 1.55 bits per heavy atom. The molecule has 1 atom stereocenters. The predicted molar refractivity (Wildman–Crippen MR) is 49.6 cm³/mol. The van der Waals surface area contributed by atoms with Crippen molar-refractivity contribution in [2.24, 2.45) is 5.41 Å². The van der Waals surface area contributed by atoms with Crippen LogP contribution < -0.4 is 5.32 Å². The van der Waals surface area contributed by atoms with Gasteiger partial charge in [-0.2, -0.15) is 0 Å². The zero-order chi connectivity index (χ0) is 8.16. The third-order valence-corrected chi connectivity index (χ3v) is 2.57. The molecule has 0 aromatic heterocycles. The van der Waals surface area contributed by atoms with E-state index in [1.54, 1.807) is 0 Å². The molecular formula is C10H19N. The second-order valence-corrected chi connectivity index (χ2v) is 3.94. The summed E-state index contributed by atoms with van der Waals surface area (Å²) in [5.41, 5.74) is 0.484. The molecule has 11 heavy (non-hydrogen) atoms. The average Bonchev–Trinajstić information content (AvgIpc) is 2.15. The van der Waals surface area contributed by atoms with E-state index in [1.165, 1.54) is 32.4 Å². The Kier molecular flexibility index (Phi) is 3.13. The molecule has 1 rings (SSSR count).